The number of nitrogens with zero attached hydrogens (tertiary/aromatic N) is 1. The number of benzene rings is 1. The Balaban J connectivity index is 1.92. The Bertz CT molecular complexity index is 712. The molecule has 0 aromatic heterocycles. The van der Waals surface area contributed by atoms with E-state index in [-0.39, 0.29) is 18.0 Å². The fraction of sp³-hybridized carbons (Fsp3) is 0.550. The molecule has 8 heteroatoms. The second-order valence-electron chi connectivity index (χ2n) is 7.21. The molecular formula is C20H29N3O5. The SMILES string of the molecule is CCOC(=O)N1CCC(NC(=O)C(C)(C)C(=O)Nc2ccccc2OC)CC1. The van der Waals surface area contributed by atoms with Gasteiger partial charge in [-0.15, -0.1) is 0 Å². The molecule has 0 spiro atoms. The maximum atomic E-state index is 12.7. The van der Waals surface area contributed by atoms with Gasteiger partial charge < -0.3 is 25.0 Å². The molecule has 0 unspecified atom stereocenters. The Kier molecular flexibility index (Phi) is 7.25. The molecule has 28 heavy (non-hydrogen) atoms. The molecule has 0 bridgehead atoms. The average Bonchev–Trinajstić information content (AvgIpc) is 2.69. The number of amides is 3. The van der Waals surface area contributed by atoms with E-state index in [9.17, 15) is 14.4 Å². The van der Waals surface area contributed by atoms with Crippen LogP contribution in [0.15, 0.2) is 24.3 Å². The van der Waals surface area contributed by atoms with Crippen LogP contribution in [0.5, 0.6) is 5.75 Å². The number of hydrogen-bond acceptors (Lipinski definition) is 5. The summed E-state index contributed by atoms with van der Waals surface area (Å²) in [4.78, 5) is 38.8. The van der Waals surface area contributed by atoms with E-state index in [1.165, 1.54) is 7.11 Å². The van der Waals surface area contributed by atoms with E-state index in [1.807, 2.05) is 0 Å². The Morgan fingerprint density at radius 1 is 1.14 bits per heavy atom. The molecule has 2 rings (SSSR count). The van der Waals surface area contributed by atoms with Crippen molar-refractivity contribution in [3.63, 3.8) is 0 Å². The molecule has 154 valence electrons. The minimum absolute atomic E-state index is 0.0866. The third-order valence-electron chi connectivity index (χ3n) is 4.85. The summed E-state index contributed by atoms with van der Waals surface area (Å²) in [5.74, 6) is -0.244. The van der Waals surface area contributed by atoms with Crippen molar-refractivity contribution < 1.29 is 23.9 Å². The number of methoxy groups -OCH3 is 1. The van der Waals surface area contributed by atoms with Gasteiger partial charge in [0.1, 0.15) is 11.2 Å². The van der Waals surface area contributed by atoms with E-state index in [0.717, 1.165) is 0 Å². The van der Waals surface area contributed by atoms with Crippen LogP contribution in [0.3, 0.4) is 0 Å². The minimum Gasteiger partial charge on any atom is -0.495 e. The molecule has 1 fully saturated rings. The average molecular weight is 391 g/mol. The van der Waals surface area contributed by atoms with Crippen molar-refractivity contribution in [3.05, 3.63) is 24.3 Å². The Labute approximate surface area is 165 Å². The molecular weight excluding hydrogens is 362 g/mol. The first kappa shape index (κ1) is 21.5. The smallest absolute Gasteiger partial charge is 0.409 e. The predicted octanol–water partition coefficient (Wildman–Crippen LogP) is 2.40. The fourth-order valence-electron chi connectivity index (χ4n) is 2.92. The first-order valence-corrected chi connectivity index (χ1v) is 9.46. The Morgan fingerprint density at radius 2 is 1.79 bits per heavy atom. The zero-order valence-electron chi connectivity index (χ0n) is 16.9. The molecule has 1 aliphatic rings. The fourth-order valence-corrected chi connectivity index (χ4v) is 2.92. The van der Waals surface area contributed by atoms with Gasteiger partial charge in [-0.2, -0.15) is 0 Å². The van der Waals surface area contributed by atoms with E-state index in [0.29, 0.717) is 44.0 Å². The molecule has 1 heterocycles. The number of likely N-dealkylation sites (tertiary alicyclic amines) is 1. The van der Waals surface area contributed by atoms with Crippen molar-refractivity contribution >= 4 is 23.6 Å². The monoisotopic (exact) mass is 391 g/mol. The highest BCUT2D eigenvalue weighted by Gasteiger charge is 2.38. The summed E-state index contributed by atoms with van der Waals surface area (Å²) in [6.45, 7) is 6.30. The third kappa shape index (κ3) is 5.15. The van der Waals surface area contributed by atoms with Crippen molar-refractivity contribution in [2.75, 3.05) is 32.1 Å². The highest BCUT2D eigenvalue weighted by Crippen LogP contribution is 2.26. The standard InChI is InChI=1S/C20H29N3O5/c1-5-28-19(26)23-12-10-14(11-13-23)21-17(24)20(2,3)18(25)22-15-8-6-7-9-16(15)27-4/h6-9,14H,5,10-13H2,1-4H3,(H,21,24)(H,22,25). The lowest BCUT2D eigenvalue weighted by atomic mass is 9.90. The molecule has 8 nitrogen and oxygen atoms in total. The Hall–Kier alpha value is -2.77. The van der Waals surface area contributed by atoms with Gasteiger partial charge in [0, 0.05) is 19.1 Å². The molecule has 1 aliphatic heterocycles. The molecule has 0 saturated carbocycles. The summed E-state index contributed by atoms with van der Waals surface area (Å²) >= 11 is 0. The van der Waals surface area contributed by atoms with Crippen LogP contribution in [-0.2, 0) is 14.3 Å². The minimum atomic E-state index is -1.26. The molecule has 1 aromatic carbocycles. The van der Waals surface area contributed by atoms with Crippen LogP contribution in [0.4, 0.5) is 10.5 Å². The summed E-state index contributed by atoms with van der Waals surface area (Å²) < 4.78 is 10.2. The summed E-state index contributed by atoms with van der Waals surface area (Å²) in [7, 11) is 1.52. The van der Waals surface area contributed by atoms with Crippen molar-refractivity contribution in [2.45, 2.75) is 39.7 Å². The van der Waals surface area contributed by atoms with Gasteiger partial charge in [-0.1, -0.05) is 12.1 Å². The molecule has 1 aromatic rings. The number of rotatable bonds is 6. The van der Waals surface area contributed by atoms with Gasteiger partial charge in [-0.3, -0.25) is 9.59 Å². The van der Waals surface area contributed by atoms with Gasteiger partial charge in [0.25, 0.3) is 0 Å². The molecule has 3 amide bonds. The van der Waals surface area contributed by atoms with E-state index in [1.54, 1.807) is 49.9 Å². The number of para-hydroxylation sites is 2. The lowest BCUT2D eigenvalue weighted by Gasteiger charge is -2.33. The summed E-state index contributed by atoms with van der Waals surface area (Å²) in [6.07, 6.45) is 0.910. The molecule has 0 aliphatic carbocycles. The van der Waals surface area contributed by atoms with Crippen molar-refractivity contribution in [2.24, 2.45) is 5.41 Å². The quantitative estimate of drug-likeness (QED) is 0.726. The highest BCUT2D eigenvalue weighted by molar-refractivity contribution is 6.10. The van der Waals surface area contributed by atoms with E-state index in [4.69, 9.17) is 9.47 Å². The normalized spacial score (nSPS) is 14.9. The molecule has 0 atom stereocenters. The number of nitrogens with one attached hydrogen (secondary N) is 2. The van der Waals surface area contributed by atoms with Gasteiger partial charge in [0.2, 0.25) is 11.8 Å². The summed E-state index contributed by atoms with van der Waals surface area (Å²) in [5, 5.41) is 5.70. The number of hydrogen-bond donors (Lipinski definition) is 2. The van der Waals surface area contributed by atoms with Gasteiger partial charge >= 0.3 is 6.09 Å². The molecule has 0 radical (unpaired) electrons. The van der Waals surface area contributed by atoms with Crippen LogP contribution in [0, 0.1) is 5.41 Å². The topological polar surface area (TPSA) is 97.0 Å². The van der Waals surface area contributed by atoms with Crippen LogP contribution < -0.4 is 15.4 Å². The maximum absolute atomic E-state index is 12.7. The van der Waals surface area contributed by atoms with Gasteiger partial charge in [-0.05, 0) is 45.7 Å². The van der Waals surface area contributed by atoms with Crippen LogP contribution in [0.2, 0.25) is 0 Å². The zero-order valence-corrected chi connectivity index (χ0v) is 16.9. The van der Waals surface area contributed by atoms with Crippen molar-refractivity contribution in [3.8, 4) is 5.75 Å². The largest absolute Gasteiger partial charge is 0.495 e. The van der Waals surface area contributed by atoms with Gasteiger partial charge in [-0.25, -0.2) is 4.79 Å². The van der Waals surface area contributed by atoms with Crippen LogP contribution in [-0.4, -0.2) is 55.7 Å². The number of piperidine rings is 1. The maximum Gasteiger partial charge on any atom is 0.409 e. The second kappa shape index (κ2) is 9.43. The number of ether oxygens (including phenoxy) is 2. The van der Waals surface area contributed by atoms with Crippen LogP contribution in [0.25, 0.3) is 0 Å². The third-order valence-corrected chi connectivity index (χ3v) is 4.85. The first-order valence-electron chi connectivity index (χ1n) is 9.46. The Morgan fingerprint density at radius 3 is 2.39 bits per heavy atom. The first-order chi connectivity index (χ1) is 13.3. The van der Waals surface area contributed by atoms with Gasteiger partial charge in [0.05, 0.1) is 19.4 Å². The number of carbonyl (C=O) groups excluding carboxylic acids is 3. The van der Waals surface area contributed by atoms with Crippen molar-refractivity contribution in [1.29, 1.82) is 0 Å². The molecule has 2 N–H and O–H groups in total. The van der Waals surface area contributed by atoms with E-state index in [2.05, 4.69) is 10.6 Å². The van der Waals surface area contributed by atoms with Crippen LogP contribution in [0.1, 0.15) is 33.6 Å². The zero-order chi connectivity index (χ0) is 20.7. The highest BCUT2D eigenvalue weighted by atomic mass is 16.6. The predicted molar refractivity (Wildman–Crippen MR) is 105 cm³/mol. The summed E-state index contributed by atoms with van der Waals surface area (Å²) in [6, 6.07) is 6.95. The summed E-state index contributed by atoms with van der Waals surface area (Å²) in [5.41, 5.74) is -0.752. The lowest BCUT2D eigenvalue weighted by molar-refractivity contribution is -0.139. The molecule has 1 saturated heterocycles. The van der Waals surface area contributed by atoms with Crippen LogP contribution >= 0.6 is 0 Å². The lowest BCUT2D eigenvalue weighted by Crippen LogP contribution is -2.52. The number of anilines is 1. The van der Waals surface area contributed by atoms with E-state index < -0.39 is 11.3 Å². The van der Waals surface area contributed by atoms with E-state index >= 15 is 0 Å². The van der Waals surface area contributed by atoms with Crippen molar-refractivity contribution in [1.82, 2.24) is 10.2 Å². The second-order valence-corrected chi connectivity index (χ2v) is 7.21. The van der Waals surface area contributed by atoms with Gasteiger partial charge in [0.15, 0.2) is 0 Å². The number of carbonyl (C=O) groups is 3.